The summed E-state index contributed by atoms with van der Waals surface area (Å²) < 4.78 is 5.55. The van der Waals surface area contributed by atoms with Crippen molar-refractivity contribution >= 4 is 17.5 Å². The molecule has 1 fully saturated rings. The molecule has 3 aromatic rings. The minimum Gasteiger partial charge on any atom is -0.494 e. The van der Waals surface area contributed by atoms with Gasteiger partial charge in [-0.3, -0.25) is 9.59 Å². The van der Waals surface area contributed by atoms with E-state index >= 15 is 0 Å². The first-order valence-corrected chi connectivity index (χ1v) is 11.4. The number of hydrogen-bond acceptors (Lipinski definition) is 3. The molecule has 0 radical (unpaired) electrons. The molecule has 2 bridgehead atoms. The van der Waals surface area contributed by atoms with Crippen LogP contribution in [0.3, 0.4) is 0 Å². The van der Waals surface area contributed by atoms with Crippen molar-refractivity contribution in [2.45, 2.75) is 31.6 Å². The molecule has 3 aromatic carbocycles. The fraction of sp³-hybridized carbons (Fsp3) is 0.286. The highest BCUT2D eigenvalue weighted by Crippen LogP contribution is 2.65. The van der Waals surface area contributed by atoms with Crippen LogP contribution in [0, 0.1) is 11.8 Å². The van der Waals surface area contributed by atoms with E-state index in [0.717, 1.165) is 12.2 Å². The fourth-order valence-electron chi connectivity index (χ4n) is 6.64. The Bertz CT molecular complexity index is 1200. The van der Waals surface area contributed by atoms with Crippen molar-refractivity contribution in [1.29, 1.82) is 0 Å². The van der Waals surface area contributed by atoms with Crippen LogP contribution < -0.4 is 9.64 Å². The van der Waals surface area contributed by atoms with Crippen molar-refractivity contribution in [3.63, 3.8) is 0 Å². The van der Waals surface area contributed by atoms with E-state index in [0.29, 0.717) is 12.3 Å². The third kappa shape index (κ3) is 2.22. The van der Waals surface area contributed by atoms with Crippen molar-refractivity contribution in [3.8, 4) is 5.75 Å². The van der Waals surface area contributed by atoms with Crippen LogP contribution in [0.15, 0.2) is 72.8 Å². The number of imide groups is 1. The van der Waals surface area contributed by atoms with E-state index in [-0.39, 0.29) is 29.6 Å². The van der Waals surface area contributed by atoms with Gasteiger partial charge in [0.2, 0.25) is 11.8 Å². The predicted molar refractivity (Wildman–Crippen MR) is 123 cm³/mol. The van der Waals surface area contributed by atoms with Crippen molar-refractivity contribution < 1.29 is 14.3 Å². The van der Waals surface area contributed by atoms with E-state index in [9.17, 15) is 9.59 Å². The van der Waals surface area contributed by atoms with Gasteiger partial charge in [0, 0.05) is 11.3 Å². The summed E-state index contributed by atoms with van der Waals surface area (Å²) in [6.45, 7) is 4.65. The van der Waals surface area contributed by atoms with Gasteiger partial charge in [-0.2, -0.15) is 0 Å². The number of carbonyl (C=O) groups is 2. The zero-order valence-electron chi connectivity index (χ0n) is 18.2. The first-order valence-electron chi connectivity index (χ1n) is 11.4. The van der Waals surface area contributed by atoms with Crippen LogP contribution in [0.2, 0.25) is 0 Å². The first-order chi connectivity index (χ1) is 15.6. The van der Waals surface area contributed by atoms with E-state index in [4.69, 9.17) is 4.74 Å². The lowest BCUT2D eigenvalue weighted by Gasteiger charge is -2.54. The van der Waals surface area contributed by atoms with Crippen LogP contribution in [0.25, 0.3) is 0 Å². The number of benzene rings is 3. The highest BCUT2D eigenvalue weighted by atomic mass is 16.5. The van der Waals surface area contributed by atoms with Gasteiger partial charge in [-0.15, -0.1) is 0 Å². The molecule has 0 aromatic heterocycles. The summed E-state index contributed by atoms with van der Waals surface area (Å²) in [4.78, 5) is 29.3. The lowest BCUT2D eigenvalue weighted by Crippen LogP contribution is -2.53. The number of hydrogen-bond donors (Lipinski definition) is 0. The topological polar surface area (TPSA) is 46.6 Å². The molecule has 3 aliphatic carbocycles. The van der Waals surface area contributed by atoms with Gasteiger partial charge < -0.3 is 4.74 Å². The lowest BCUT2D eigenvalue weighted by molar-refractivity contribution is -0.123. The normalized spacial score (nSPS) is 27.2. The molecule has 7 rings (SSSR count). The summed E-state index contributed by atoms with van der Waals surface area (Å²) in [5.41, 5.74) is 4.95. The van der Waals surface area contributed by atoms with Crippen LogP contribution in [-0.4, -0.2) is 18.4 Å². The molecule has 0 spiro atoms. The zero-order valence-corrected chi connectivity index (χ0v) is 18.2. The van der Waals surface area contributed by atoms with E-state index in [1.165, 1.54) is 27.2 Å². The highest BCUT2D eigenvalue weighted by Gasteiger charge is 2.67. The lowest BCUT2D eigenvalue weighted by atomic mass is 9.46. The maximum atomic E-state index is 14.0. The average Bonchev–Trinajstić information content (AvgIpc) is 3.11. The number of amides is 2. The number of carbonyl (C=O) groups excluding carboxylic acids is 2. The Morgan fingerprint density at radius 3 is 1.97 bits per heavy atom. The number of anilines is 1. The molecule has 1 aliphatic heterocycles. The van der Waals surface area contributed by atoms with Crippen LogP contribution in [0.5, 0.6) is 5.75 Å². The largest absolute Gasteiger partial charge is 0.494 e. The maximum Gasteiger partial charge on any atom is 0.238 e. The Labute approximate surface area is 187 Å². The minimum atomic E-state index is -0.487. The summed E-state index contributed by atoms with van der Waals surface area (Å²) in [6.07, 6.45) is 0.769. The smallest absolute Gasteiger partial charge is 0.238 e. The molecule has 0 N–H and O–H groups in total. The summed E-state index contributed by atoms with van der Waals surface area (Å²) >= 11 is 0. The van der Waals surface area contributed by atoms with Crippen LogP contribution in [-0.2, 0) is 15.0 Å². The summed E-state index contributed by atoms with van der Waals surface area (Å²) in [6, 6.07) is 24.1. The van der Waals surface area contributed by atoms with E-state index < -0.39 is 5.41 Å². The van der Waals surface area contributed by atoms with Gasteiger partial charge in [-0.25, -0.2) is 4.90 Å². The van der Waals surface area contributed by atoms with Gasteiger partial charge >= 0.3 is 0 Å². The quantitative estimate of drug-likeness (QED) is 0.552. The molecule has 2 amide bonds. The molecule has 1 heterocycles. The van der Waals surface area contributed by atoms with Crippen molar-refractivity contribution in [2.75, 3.05) is 11.5 Å². The number of rotatable bonds is 4. The van der Waals surface area contributed by atoms with Gasteiger partial charge in [0.25, 0.3) is 0 Å². The molecular formula is C28H25NO3. The summed E-state index contributed by atoms with van der Waals surface area (Å²) in [5, 5.41) is 0. The van der Waals surface area contributed by atoms with Crippen LogP contribution >= 0.6 is 0 Å². The second-order valence-electron chi connectivity index (χ2n) is 8.92. The monoisotopic (exact) mass is 423 g/mol. The molecule has 0 saturated carbocycles. The minimum absolute atomic E-state index is 0.0833. The molecule has 160 valence electrons. The Hall–Kier alpha value is -3.40. The zero-order chi connectivity index (χ0) is 22.0. The Balaban J connectivity index is 1.55. The standard InChI is InChI=1S/C28H25NO3/c1-3-28-21-11-7-5-9-19(21)23(20-10-6-8-12-22(20)28)24-25(28)27(31)29(26(24)30)17-13-15-18(16-14-17)32-4-2/h5-16,23-25H,3-4H2,1-2H3. The number of nitrogens with zero attached hydrogens (tertiary/aromatic N) is 1. The molecule has 4 nitrogen and oxygen atoms in total. The molecule has 2 unspecified atom stereocenters. The summed E-state index contributed by atoms with van der Waals surface area (Å²) in [7, 11) is 0. The third-order valence-electron chi connectivity index (χ3n) is 7.76. The Kier molecular flexibility index (Phi) is 4.10. The van der Waals surface area contributed by atoms with E-state index in [2.05, 4.69) is 43.3 Å². The second kappa shape index (κ2) is 6.80. The van der Waals surface area contributed by atoms with E-state index in [1.54, 1.807) is 0 Å². The van der Waals surface area contributed by atoms with Crippen LogP contribution in [0.4, 0.5) is 5.69 Å². The SMILES string of the molecule is CCOc1ccc(N2C(=O)C3C4c5ccccc5C(CC)(c5ccccc54)C3C2=O)cc1. The Morgan fingerprint density at radius 2 is 1.41 bits per heavy atom. The predicted octanol–water partition coefficient (Wildman–Crippen LogP) is 5.05. The van der Waals surface area contributed by atoms with E-state index in [1.807, 2.05) is 43.3 Å². The molecule has 4 heteroatoms. The fourth-order valence-corrected chi connectivity index (χ4v) is 6.64. The van der Waals surface area contributed by atoms with Gasteiger partial charge in [0.05, 0.1) is 24.1 Å². The molecule has 1 saturated heterocycles. The summed E-state index contributed by atoms with van der Waals surface area (Å²) in [5.74, 6) is -0.293. The Morgan fingerprint density at radius 1 is 0.812 bits per heavy atom. The average molecular weight is 424 g/mol. The van der Waals surface area contributed by atoms with Crippen molar-refractivity contribution in [2.24, 2.45) is 11.8 Å². The molecule has 2 atom stereocenters. The van der Waals surface area contributed by atoms with Crippen molar-refractivity contribution in [3.05, 3.63) is 95.1 Å². The van der Waals surface area contributed by atoms with Gasteiger partial charge in [0.1, 0.15) is 5.75 Å². The first kappa shape index (κ1) is 19.3. The maximum absolute atomic E-state index is 14.0. The second-order valence-corrected chi connectivity index (χ2v) is 8.92. The van der Waals surface area contributed by atoms with Crippen molar-refractivity contribution in [1.82, 2.24) is 0 Å². The van der Waals surface area contributed by atoms with Gasteiger partial charge in [-0.05, 0) is 59.9 Å². The number of ether oxygens (including phenoxy) is 1. The molecular weight excluding hydrogens is 398 g/mol. The van der Waals surface area contributed by atoms with Gasteiger partial charge in [0.15, 0.2) is 0 Å². The van der Waals surface area contributed by atoms with Gasteiger partial charge in [-0.1, -0.05) is 55.5 Å². The molecule has 32 heavy (non-hydrogen) atoms. The highest BCUT2D eigenvalue weighted by molar-refractivity contribution is 6.23. The third-order valence-corrected chi connectivity index (χ3v) is 7.76. The van der Waals surface area contributed by atoms with Crippen LogP contribution in [0.1, 0.15) is 48.4 Å². The molecule has 4 aliphatic rings.